The van der Waals surface area contributed by atoms with Crippen LogP contribution < -0.4 is 5.32 Å². The van der Waals surface area contributed by atoms with Crippen molar-refractivity contribution in [1.82, 2.24) is 15.3 Å². The molecule has 0 amide bonds. The van der Waals surface area contributed by atoms with Crippen LogP contribution >= 0.6 is 0 Å². The van der Waals surface area contributed by atoms with Crippen molar-refractivity contribution in [3.63, 3.8) is 0 Å². The van der Waals surface area contributed by atoms with Crippen LogP contribution in [0.3, 0.4) is 0 Å². The molecule has 0 aliphatic rings. The van der Waals surface area contributed by atoms with Crippen molar-refractivity contribution in [2.24, 2.45) is 0 Å². The van der Waals surface area contributed by atoms with Crippen molar-refractivity contribution in [3.8, 4) is 0 Å². The summed E-state index contributed by atoms with van der Waals surface area (Å²) >= 11 is 0. The Hall–Kier alpha value is -2.20. The first-order chi connectivity index (χ1) is 9.28. The highest BCUT2D eigenvalue weighted by Gasteiger charge is 2.18. The van der Waals surface area contributed by atoms with E-state index in [-0.39, 0.29) is 6.04 Å². The quantitative estimate of drug-likeness (QED) is 0.779. The van der Waals surface area contributed by atoms with E-state index in [2.05, 4.69) is 34.3 Å². The lowest BCUT2D eigenvalue weighted by atomic mass is 10.1. The van der Waals surface area contributed by atoms with E-state index in [9.17, 15) is 0 Å². The van der Waals surface area contributed by atoms with Crippen molar-refractivity contribution in [3.05, 3.63) is 59.9 Å². The van der Waals surface area contributed by atoms with Gasteiger partial charge in [-0.1, -0.05) is 11.6 Å². The Kier molecular flexibility index (Phi) is 3.01. The van der Waals surface area contributed by atoms with E-state index >= 15 is 0 Å². The van der Waals surface area contributed by atoms with E-state index in [0.717, 1.165) is 22.4 Å². The summed E-state index contributed by atoms with van der Waals surface area (Å²) in [5.74, 6) is 0.851. The molecule has 1 aromatic carbocycles. The average Bonchev–Trinajstić information content (AvgIpc) is 2.83. The fourth-order valence-corrected chi connectivity index (χ4v) is 2.22. The smallest absolute Gasteiger partial charge is 0.134 e. The van der Waals surface area contributed by atoms with Crippen molar-refractivity contribution in [1.29, 1.82) is 0 Å². The SMILES string of the molecule is CNC(c1cnccn1)c1cc2cc(C)ccc2o1. The first-order valence-corrected chi connectivity index (χ1v) is 6.21. The molecule has 4 nitrogen and oxygen atoms in total. The number of aryl methyl sites for hydroxylation is 1. The van der Waals surface area contributed by atoms with Gasteiger partial charge in [0, 0.05) is 17.8 Å². The third-order valence-corrected chi connectivity index (χ3v) is 3.14. The summed E-state index contributed by atoms with van der Waals surface area (Å²) in [5, 5.41) is 4.32. The van der Waals surface area contributed by atoms with Gasteiger partial charge < -0.3 is 9.73 Å². The highest BCUT2D eigenvalue weighted by atomic mass is 16.3. The normalized spacial score (nSPS) is 12.7. The molecule has 2 aromatic heterocycles. The van der Waals surface area contributed by atoms with Crippen LogP contribution in [0.2, 0.25) is 0 Å². The minimum Gasteiger partial charge on any atom is -0.459 e. The van der Waals surface area contributed by atoms with Crippen molar-refractivity contribution in [2.45, 2.75) is 13.0 Å². The molecule has 96 valence electrons. The molecular weight excluding hydrogens is 238 g/mol. The number of nitrogens with zero attached hydrogens (tertiary/aromatic N) is 2. The minimum atomic E-state index is -0.0820. The van der Waals surface area contributed by atoms with Gasteiger partial charge in [0.05, 0.1) is 11.9 Å². The zero-order valence-corrected chi connectivity index (χ0v) is 10.9. The van der Waals surface area contributed by atoms with Gasteiger partial charge in [-0.2, -0.15) is 0 Å². The topological polar surface area (TPSA) is 51.0 Å². The van der Waals surface area contributed by atoms with E-state index < -0.39 is 0 Å². The summed E-state index contributed by atoms with van der Waals surface area (Å²) in [7, 11) is 1.89. The Labute approximate surface area is 111 Å². The lowest BCUT2D eigenvalue weighted by Crippen LogP contribution is -2.18. The number of hydrogen-bond donors (Lipinski definition) is 1. The van der Waals surface area contributed by atoms with E-state index in [1.807, 2.05) is 19.2 Å². The molecule has 19 heavy (non-hydrogen) atoms. The summed E-state index contributed by atoms with van der Waals surface area (Å²) < 4.78 is 5.90. The molecule has 0 spiro atoms. The molecule has 3 rings (SSSR count). The maximum Gasteiger partial charge on any atom is 0.134 e. The van der Waals surface area contributed by atoms with Crippen LogP contribution in [0.1, 0.15) is 23.1 Å². The first-order valence-electron chi connectivity index (χ1n) is 6.21. The summed E-state index contributed by atoms with van der Waals surface area (Å²) in [6.45, 7) is 2.07. The van der Waals surface area contributed by atoms with Crippen LogP contribution in [0.4, 0.5) is 0 Å². The predicted molar refractivity (Wildman–Crippen MR) is 73.9 cm³/mol. The van der Waals surface area contributed by atoms with Gasteiger partial charge in [0.15, 0.2) is 0 Å². The van der Waals surface area contributed by atoms with Crippen LogP contribution in [0, 0.1) is 6.92 Å². The molecular formula is C15H15N3O. The Morgan fingerprint density at radius 2 is 2.11 bits per heavy atom. The number of nitrogens with one attached hydrogen (secondary N) is 1. The Bertz CT molecular complexity index is 691. The van der Waals surface area contributed by atoms with Gasteiger partial charge in [0.1, 0.15) is 17.4 Å². The van der Waals surface area contributed by atoms with E-state index in [0.29, 0.717) is 0 Å². The maximum atomic E-state index is 5.90. The van der Waals surface area contributed by atoms with Crippen LogP contribution in [-0.4, -0.2) is 17.0 Å². The average molecular weight is 253 g/mol. The first kappa shape index (κ1) is 11.9. The molecule has 0 saturated carbocycles. The molecule has 0 fully saturated rings. The zero-order valence-electron chi connectivity index (χ0n) is 10.9. The van der Waals surface area contributed by atoms with Gasteiger partial charge in [-0.15, -0.1) is 0 Å². The monoisotopic (exact) mass is 253 g/mol. The number of rotatable bonds is 3. The lowest BCUT2D eigenvalue weighted by Gasteiger charge is -2.11. The second-order valence-corrected chi connectivity index (χ2v) is 4.54. The van der Waals surface area contributed by atoms with Gasteiger partial charge in [-0.05, 0) is 32.2 Å². The molecule has 1 N–H and O–H groups in total. The largest absolute Gasteiger partial charge is 0.459 e. The summed E-state index contributed by atoms with van der Waals surface area (Å²) in [6, 6.07) is 8.13. The Morgan fingerprint density at radius 1 is 1.21 bits per heavy atom. The van der Waals surface area contributed by atoms with Crippen molar-refractivity contribution < 1.29 is 4.42 Å². The van der Waals surface area contributed by atoms with Gasteiger partial charge >= 0.3 is 0 Å². The van der Waals surface area contributed by atoms with Crippen LogP contribution in [0.5, 0.6) is 0 Å². The number of aromatic nitrogens is 2. The molecule has 0 radical (unpaired) electrons. The van der Waals surface area contributed by atoms with E-state index in [1.165, 1.54) is 5.56 Å². The fourth-order valence-electron chi connectivity index (χ4n) is 2.22. The van der Waals surface area contributed by atoms with E-state index in [1.54, 1.807) is 18.6 Å². The molecule has 0 saturated heterocycles. The molecule has 2 heterocycles. The highest BCUT2D eigenvalue weighted by molar-refractivity contribution is 5.78. The lowest BCUT2D eigenvalue weighted by molar-refractivity contribution is 0.485. The van der Waals surface area contributed by atoms with Crippen LogP contribution in [0.25, 0.3) is 11.0 Å². The molecule has 0 aliphatic carbocycles. The molecule has 4 heteroatoms. The second-order valence-electron chi connectivity index (χ2n) is 4.54. The van der Waals surface area contributed by atoms with E-state index in [4.69, 9.17) is 4.42 Å². The third kappa shape index (κ3) is 2.22. The van der Waals surface area contributed by atoms with Crippen molar-refractivity contribution >= 4 is 11.0 Å². The highest BCUT2D eigenvalue weighted by Crippen LogP contribution is 2.27. The van der Waals surface area contributed by atoms with Crippen LogP contribution in [0.15, 0.2) is 47.3 Å². The number of hydrogen-bond acceptors (Lipinski definition) is 4. The van der Waals surface area contributed by atoms with Gasteiger partial charge in [0.2, 0.25) is 0 Å². The standard InChI is InChI=1S/C15H15N3O/c1-10-3-4-13-11(7-10)8-14(19-13)15(16-2)12-9-17-5-6-18-12/h3-9,15-16H,1-2H3. The number of fused-ring (bicyclic) bond motifs is 1. The molecule has 0 aliphatic heterocycles. The number of furan rings is 1. The third-order valence-electron chi connectivity index (χ3n) is 3.14. The van der Waals surface area contributed by atoms with Gasteiger partial charge in [-0.25, -0.2) is 0 Å². The zero-order chi connectivity index (χ0) is 13.2. The molecule has 0 bridgehead atoms. The van der Waals surface area contributed by atoms with Gasteiger partial charge in [-0.3, -0.25) is 9.97 Å². The Balaban J connectivity index is 2.07. The maximum absolute atomic E-state index is 5.90. The summed E-state index contributed by atoms with van der Waals surface area (Å²) in [4.78, 5) is 8.43. The summed E-state index contributed by atoms with van der Waals surface area (Å²) in [5.41, 5.74) is 2.96. The predicted octanol–water partition coefficient (Wildman–Crippen LogP) is 2.84. The molecule has 1 atom stereocenters. The Morgan fingerprint density at radius 3 is 2.84 bits per heavy atom. The van der Waals surface area contributed by atoms with Crippen LogP contribution in [-0.2, 0) is 0 Å². The van der Waals surface area contributed by atoms with Gasteiger partial charge in [0.25, 0.3) is 0 Å². The fraction of sp³-hybridized carbons (Fsp3) is 0.200. The minimum absolute atomic E-state index is 0.0820. The molecule has 1 unspecified atom stereocenters. The second kappa shape index (κ2) is 4.82. The van der Waals surface area contributed by atoms with Crippen molar-refractivity contribution in [2.75, 3.05) is 7.05 Å². The molecule has 3 aromatic rings. The number of benzene rings is 1. The summed E-state index contributed by atoms with van der Waals surface area (Å²) in [6.07, 6.45) is 5.10.